The summed E-state index contributed by atoms with van der Waals surface area (Å²) < 4.78 is 0. The van der Waals surface area contributed by atoms with Gasteiger partial charge >= 0.3 is 17.1 Å². The molecule has 0 bridgehead atoms. The Hall–Kier alpha value is -4.84. The second-order valence-corrected chi connectivity index (χ2v) is 8.34. The summed E-state index contributed by atoms with van der Waals surface area (Å²) in [5.41, 5.74) is 2.24. The first-order valence-corrected chi connectivity index (χ1v) is 12.0. The van der Waals surface area contributed by atoms with E-state index in [1.54, 1.807) is 12.1 Å². The molecular weight excluding hydrogens is 536 g/mol. The van der Waals surface area contributed by atoms with E-state index in [0.717, 1.165) is 32.9 Å². The molecular formula is C32H22CuN4O2. The van der Waals surface area contributed by atoms with Crippen LogP contribution in [0.5, 0.6) is 11.5 Å². The van der Waals surface area contributed by atoms with Crippen LogP contribution in [0.25, 0.3) is 21.5 Å². The number of hydrogen-bond acceptors (Lipinski definition) is 6. The number of rotatable bonds is 4. The molecule has 0 amide bonds. The summed E-state index contributed by atoms with van der Waals surface area (Å²) in [5.74, 6) is -0.225. The van der Waals surface area contributed by atoms with Gasteiger partial charge in [-0.3, -0.25) is 0 Å². The van der Waals surface area contributed by atoms with E-state index in [4.69, 9.17) is 0 Å². The first kappa shape index (κ1) is 27.2. The molecule has 0 atom stereocenters. The second kappa shape index (κ2) is 13.1. The Morgan fingerprint density at radius 3 is 1.13 bits per heavy atom. The van der Waals surface area contributed by atoms with Crippen molar-refractivity contribution in [3.63, 3.8) is 0 Å². The summed E-state index contributed by atoms with van der Waals surface area (Å²) in [6, 6.07) is 40.8. The second-order valence-electron chi connectivity index (χ2n) is 8.34. The van der Waals surface area contributed by atoms with Gasteiger partial charge in [0.05, 0.1) is 22.7 Å². The molecule has 39 heavy (non-hydrogen) atoms. The van der Waals surface area contributed by atoms with E-state index in [9.17, 15) is 10.2 Å². The van der Waals surface area contributed by atoms with Crippen LogP contribution in [0, 0.1) is 0 Å². The Morgan fingerprint density at radius 1 is 0.359 bits per heavy atom. The average Bonchev–Trinajstić information content (AvgIpc) is 2.97. The van der Waals surface area contributed by atoms with Gasteiger partial charge in [0.2, 0.25) is 0 Å². The fourth-order valence-corrected chi connectivity index (χ4v) is 3.88. The van der Waals surface area contributed by atoms with Crippen LogP contribution >= 0.6 is 0 Å². The third-order valence-corrected chi connectivity index (χ3v) is 5.77. The molecule has 0 N–H and O–H groups in total. The molecule has 0 aliphatic rings. The van der Waals surface area contributed by atoms with Gasteiger partial charge in [0.25, 0.3) is 0 Å². The molecule has 0 heterocycles. The molecule has 6 nitrogen and oxygen atoms in total. The predicted molar refractivity (Wildman–Crippen MR) is 148 cm³/mol. The third-order valence-electron chi connectivity index (χ3n) is 5.77. The van der Waals surface area contributed by atoms with Crippen molar-refractivity contribution in [1.82, 2.24) is 0 Å². The van der Waals surface area contributed by atoms with Gasteiger partial charge < -0.3 is 10.2 Å². The number of nitrogens with zero attached hydrogens (tertiary/aromatic N) is 4. The molecule has 0 spiro atoms. The van der Waals surface area contributed by atoms with Crippen molar-refractivity contribution >= 4 is 44.3 Å². The largest absolute Gasteiger partial charge is 2.00 e. The Labute approximate surface area is 236 Å². The monoisotopic (exact) mass is 557 g/mol. The minimum absolute atomic E-state index is 0. The van der Waals surface area contributed by atoms with Crippen LogP contribution in [0.1, 0.15) is 0 Å². The van der Waals surface area contributed by atoms with Crippen LogP contribution in [0.15, 0.2) is 154 Å². The van der Waals surface area contributed by atoms with Crippen molar-refractivity contribution in [1.29, 1.82) is 0 Å². The molecule has 7 heteroatoms. The van der Waals surface area contributed by atoms with Crippen molar-refractivity contribution in [2.24, 2.45) is 20.5 Å². The SMILES string of the molecule is [Cu+2].[O-]c1ccc2ccccc2c1N=Nc1ccccc1.[O-]c1ccc2ccccc2c1N=Nc1ccccc1. The quantitative estimate of drug-likeness (QED) is 0.160. The van der Waals surface area contributed by atoms with Gasteiger partial charge in [-0.1, -0.05) is 121 Å². The number of hydrogen-bond donors (Lipinski definition) is 0. The molecule has 0 aliphatic carbocycles. The number of fused-ring (bicyclic) bond motifs is 2. The smallest absolute Gasteiger partial charge is 0.871 e. The molecule has 1 radical (unpaired) electrons. The molecule has 0 saturated heterocycles. The van der Waals surface area contributed by atoms with Gasteiger partial charge in [-0.2, -0.15) is 20.5 Å². The molecule has 0 unspecified atom stereocenters. The zero-order chi connectivity index (χ0) is 26.2. The minimum Gasteiger partial charge on any atom is -0.871 e. The summed E-state index contributed by atoms with van der Waals surface area (Å²) in [6.07, 6.45) is 0. The van der Waals surface area contributed by atoms with Crippen LogP contribution in [0.2, 0.25) is 0 Å². The molecule has 6 rings (SSSR count). The van der Waals surface area contributed by atoms with Gasteiger partial charge in [0, 0.05) is 10.8 Å². The van der Waals surface area contributed by atoms with E-state index < -0.39 is 0 Å². The standard InChI is InChI=1S/2C16H12N2O.Cu/c2*19-15-11-10-12-6-4-5-9-14(12)16(15)18-17-13-7-2-1-3-8-13;/h2*1-11,19H;/q;;+2/p-2. The third kappa shape index (κ3) is 6.73. The van der Waals surface area contributed by atoms with Crippen molar-refractivity contribution in [3.8, 4) is 11.5 Å². The van der Waals surface area contributed by atoms with E-state index in [1.807, 2.05) is 109 Å². The van der Waals surface area contributed by atoms with Crippen LogP contribution in [0.3, 0.4) is 0 Å². The van der Waals surface area contributed by atoms with Crippen LogP contribution in [0.4, 0.5) is 22.7 Å². The average molecular weight is 558 g/mol. The molecule has 6 aromatic rings. The maximum atomic E-state index is 11.9. The zero-order valence-corrected chi connectivity index (χ0v) is 21.6. The van der Waals surface area contributed by atoms with Gasteiger partial charge in [0.15, 0.2) is 0 Å². The van der Waals surface area contributed by atoms with Crippen molar-refractivity contribution < 1.29 is 27.3 Å². The summed E-state index contributed by atoms with van der Waals surface area (Å²) in [5, 5.41) is 43.9. The summed E-state index contributed by atoms with van der Waals surface area (Å²) in [6.45, 7) is 0. The fraction of sp³-hybridized carbons (Fsp3) is 0. The maximum absolute atomic E-state index is 11.9. The van der Waals surface area contributed by atoms with E-state index >= 15 is 0 Å². The van der Waals surface area contributed by atoms with Crippen LogP contribution < -0.4 is 10.2 Å². The van der Waals surface area contributed by atoms with Crippen molar-refractivity contribution in [2.45, 2.75) is 0 Å². The fourth-order valence-electron chi connectivity index (χ4n) is 3.88. The van der Waals surface area contributed by atoms with E-state index in [2.05, 4.69) is 20.5 Å². The molecule has 0 aromatic heterocycles. The molecule has 193 valence electrons. The summed E-state index contributed by atoms with van der Waals surface area (Å²) in [7, 11) is 0. The summed E-state index contributed by atoms with van der Waals surface area (Å²) in [4.78, 5) is 0. The Balaban J connectivity index is 0.000000176. The maximum Gasteiger partial charge on any atom is 2.00 e. The Kier molecular flexibility index (Phi) is 9.14. The van der Waals surface area contributed by atoms with E-state index in [1.165, 1.54) is 12.1 Å². The van der Waals surface area contributed by atoms with Gasteiger partial charge in [-0.05, 0) is 35.0 Å². The minimum atomic E-state index is -0.113. The van der Waals surface area contributed by atoms with Crippen molar-refractivity contribution in [3.05, 3.63) is 133 Å². The van der Waals surface area contributed by atoms with Crippen LogP contribution in [-0.4, -0.2) is 0 Å². The van der Waals surface area contributed by atoms with Crippen molar-refractivity contribution in [2.75, 3.05) is 0 Å². The first-order chi connectivity index (χ1) is 18.7. The predicted octanol–water partition coefficient (Wildman–Crippen LogP) is 8.66. The molecule has 0 aliphatic heterocycles. The molecule has 0 fully saturated rings. The van der Waals surface area contributed by atoms with Gasteiger partial charge in [-0.25, -0.2) is 0 Å². The number of azo groups is 2. The topological polar surface area (TPSA) is 95.6 Å². The number of benzene rings is 6. The van der Waals surface area contributed by atoms with Gasteiger partial charge in [-0.15, -0.1) is 0 Å². The first-order valence-electron chi connectivity index (χ1n) is 12.0. The zero-order valence-electron chi connectivity index (χ0n) is 20.6. The Morgan fingerprint density at radius 2 is 0.718 bits per heavy atom. The Bertz CT molecular complexity index is 1610. The molecule has 6 aromatic carbocycles. The molecule has 0 saturated carbocycles. The van der Waals surface area contributed by atoms with E-state index in [0.29, 0.717) is 11.4 Å². The normalized spacial score (nSPS) is 10.9. The summed E-state index contributed by atoms with van der Waals surface area (Å²) >= 11 is 0. The van der Waals surface area contributed by atoms with E-state index in [-0.39, 0.29) is 28.6 Å². The van der Waals surface area contributed by atoms with Crippen LogP contribution in [-0.2, 0) is 17.1 Å². The van der Waals surface area contributed by atoms with Gasteiger partial charge in [0.1, 0.15) is 0 Å².